The second-order valence-electron chi connectivity index (χ2n) is 2.12. The predicted molar refractivity (Wildman–Crippen MR) is 62.8 cm³/mol. The molecule has 0 saturated carbocycles. The molecule has 0 radical (unpaired) electrons. The van der Waals surface area contributed by atoms with Gasteiger partial charge in [0.1, 0.15) is 0 Å². The monoisotopic (exact) mass is 248 g/mol. The highest BCUT2D eigenvalue weighted by atomic mass is 32.2. The first-order chi connectivity index (χ1) is 7.21. The molecule has 0 unspecified atom stereocenters. The van der Waals surface area contributed by atoms with Crippen LogP contribution in [0.1, 0.15) is 13.3 Å². The molecule has 0 fully saturated rings. The molecule has 0 aromatic heterocycles. The van der Waals surface area contributed by atoms with E-state index in [1.807, 2.05) is 6.92 Å². The van der Waals surface area contributed by atoms with Crippen molar-refractivity contribution in [3.05, 3.63) is 0 Å². The molecule has 0 spiro atoms. The minimum atomic E-state index is -0.0298. The molecule has 8 nitrogen and oxygen atoms in total. The Morgan fingerprint density at radius 2 is 1.53 bits per heavy atom. The number of hydrogen-bond acceptors (Lipinski definition) is 8. The molecule has 0 rings (SSSR count). The number of rotatable bonds is 3. The van der Waals surface area contributed by atoms with E-state index in [1.165, 1.54) is 23.5 Å². The third kappa shape index (κ3) is 5.32. The molecule has 0 amide bonds. The van der Waals surface area contributed by atoms with Crippen LogP contribution in [0.3, 0.4) is 0 Å². The van der Waals surface area contributed by atoms with E-state index in [4.69, 9.17) is 22.7 Å². The van der Waals surface area contributed by atoms with Gasteiger partial charge in [-0.25, -0.2) is 11.1 Å². The van der Waals surface area contributed by atoms with Crippen LogP contribution in [0, 0.1) is 11.1 Å². The lowest BCUT2D eigenvalue weighted by Gasteiger charge is -2.10. The molecule has 15 heavy (non-hydrogen) atoms. The Morgan fingerprint density at radius 3 is 1.73 bits per heavy atom. The molecule has 0 aliphatic carbocycles. The fourth-order valence-electron chi connectivity index (χ4n) is 0.597. The van der Waals surface area contributed by atoms with Crippen molar-refractivity contribution in [1.29, 1.82) is 11.1 Å². The van der Waals surface area contributed by atoms with Crippen LogP contribution in [0.5, 0.6) is 0 Å². The highest BCUT2D eigenvalue weighted by molar-refractivity contribution is 8.30. The summed E-state index contributed by atoms with van der Waals surface area (Å²) in [5.74, 6) is 10.0. The second kappa shape index (κ2) is 8.17. The lowest BCUT2D eigenvalue weighted by atomic mass is 10.6. The Labute approximate surface area is 95.3 Å². The van der Waals surface area contributed by atoms with Crippen molar-refractivity contribution < 1.29 is 0 Å². The van der Waals surface area contributed by atoms with E-state index in [0.717, 1.165) is 6.42 Å². The van der Waals surface area contributed by atoms with Crippen molar-refractivity contribution in [3.8, 4) is 0 Å². The molecule has 0 aliphatic heterocycles. The average Bonchev–Trinajstić information content (AvgIpc) is 2.30. The molecule has 6 N–H and O–H groups in total. The van der Waals surface area contributed by atoms with Crippen LogP contribution in [0.15, 0.2) is 20.4 Å². The minimum absolute atomic E-state index is 0.0298. The number of hydrogen-bond donors (Lipinski definition) is 4. The van der Waals surface area contributed by atoms with Gasteiger partial charge < -0.3 is 11.7 Å². The van der Waals surface area contributed by atoms with E-state index < -0.39 is 0 Å². The molecular formula is C5H12N8S2. The number of nitrogens with one attached hydrogen (secondary N) is 2. The topological polar surface area (TPSA) is 149 Å². The van der Waals surface area contributed by atoms with Gasteiger partial charge in [0.15, 0.2) is 0 Å². The maximum atomic E-state index is 6.77. The van der Waals surface area contributed by atoms with Gasteiger partial charge in [-0.3, -0.25) is 0 Å². The SMILES string of the molecule is CCC(SC(N=N)=NN)SC(N=N)=NN. The molecule has 0 aromatic carbocycles. The third-order valence-electron chi connectivity index (χ3n) is 1.22. The summed E-state index contributed by atoms with van der Waals surface area (Å²) in [5, 5.41) is 13.2. The van der Waals surface area contributed by atoms with Crippen molar-refractivity contribution in [2.45, 2.75) is 17.9 Å². The van der Waals surface area contributed by atoms with Gasteiger partial charge in [0.2, 0.25) is 10.3 Å². The molecule has 10 heteroatoms. The van der Waals surface area contributed by atoms with Gasteiger partial charge in [0.05, 0.1) is 4.58 Å². The van der Waals surface area contributed by atoms with E-state index in [9.17, 15) is 0 Å². The third-order valence-corrected chi connectivity index (χ3v) is 3.80. The van der Waals surface area contributed by atoms with Crippen LogP contribution in [-0.4, -0.2) is 14.9 Å². The highest BCUT2D eigenvalue weighted by Gasteiger charge is 2.14. The van der Waals surface area contributed by atoms with Crippen LogP contribution >= 0.6 is 23.5 Å². The van der Waals surface area contributed by atoms with E-state index in [-0.39, 0.29) is 14.9 Å². The molecule has 0 aliphatic rings. The zero-order valence-corrected chi connectivity index (χ0v) is 9.68. The zero-order valence-electron chi connectivity index (χ0n) is 8.04. The number of nitrogens with zero attached hydrogens (tertiary/aromatic N) is 4. The lowest BCUT2D eigenvalue weighted by molar-refractivity contribution is 1.06. The Morgan fingerprint density at radius 1 is 1.13 bits per heavy atom. The summed E-state index contributed by atoms with van der Waals surface area (Å²) in [6, 6.07) is 0. The van der Waals surface area contributed by atoms with Crippen molar-refractivity contribution >= 4 is 33.9 Å². The zero-order chi connectivity index (χ0) is 11.7. The van der Waals surface area contributed by atoms with Gasteiger partial charge in [-0.15, -0.1) is 10.2 Å². The Bertz CT molecular complexity index is 248. The van der Waals surface area contributed by atoms with Gasteiger partial charge >= 0.3 is 0 Å². The van der Waals surface area contributed by atoms with E-state index in [2.05, 4.69) is 20.4 Å². The van der Waals surface area contributed by atoms with Crippen LogP contribution in [0.25, 0.3) is 0 Å². The Balaban J connectivity index is 4.37. The fraction of sp³-hybridized carbons (Fsp3) is 0.600. The standard InChI is InChI=1S/C5H12N8S2/c1-2-3(14-4(10-6)11-7)15-5(12-8)13-9/h3,6,8H,2,7,9H2,1H3. The van der Waals surface area contributed by atoms with Gasteiger partial charge in [0, 0.05) is 0 Å². The molecule has 0 saturated heterocycles. The van der Waals surface area contributed by atoms with Gasteiger partial charge in [-0.05, 0) is 6.42 Å². The summed E-state index contributed by atoms with van der Waals surface area (Å²) in [4.78, 5) is 0. The summed E-state index contributed by atoms with van der Waals surface area (Å²) in [6.07, 6.45) is 0.748. The molecule has 84 valence electrons. The molecule has 0 atom stereocenters. The number of amidine groups is 2. The normalized spacial score (nSPS) is 14.7. The molecular weight excluding hydrogens is 236 g/mol. The maximum Gasteiger partial charge on any atom is 0.227 e. The van der Waals surface area contributed by atoms with Crippen molar-refractivity contribution in [2.24, 2.45) is 32.1 Å². The van der Waals surface area contributed by atoms with Gasteiger partial charge in [0.25, 0.3) is 0 Å². The fourth-order valence-corrected chi connectivity index (χ4v) is 2.34. The van der Waals surface area contributed by atoms with Crippen molar-refractivity contribution in [1.82, 2.24) is 0 Å². The quantitative estimate of drug-likeness (QED) is 0.150. The number of hydrazone groups is 2. The average molecular weight is 248 g/mol. The molecule has 0 bridgehead atoms. The van der Waals surface area contributed by atoms with E-state index in [0.29, 0.717) is 0 Å². The lowest BCUT2D eigenvalue weighted by Crippen LogP contribution is -2.05. The smallest absolute Gasteiger partial charge is 0.227 e. The van der Waals surface area contributed by atoms with Crippen LogP contribution in [0.4, 0.5) is 0 Å². The van der Waals surface area contributed by atoms with Crippen molar-refractivity contribution in [3.63, 3.8) is 0 Å². The Kier molecular flexibility index (Phi) is 7.54. The number of thioether (sulfide) groups is 2. The van der Waals surface area contributed by atoms with Crippen LogP contribution in [0.2, 0.25) is 0 Å². The summed E-state index contributed by atoms with van der Waals surface area (Å²) in [5.41, 5.74) is 13.5. The first kappa shape index (κ1) is 13.8. The second-order valence-corrected chi connectivity index (χ2v) is 4.76. The number of nitrogens with two attached hydrogens (primary N) is 2. The molecule has 0 aromatic rings. The van der Waals surface area contributed by atoms with Crippen LogP contribution < -0.4 is 11.7 Å². The van der Waals surface area contributed by atoms with E-state index in [1.54, 1.807) is 0 Å². The first-order valence-corrected chi connectivity index (χ1v) is 5.61. The molecule has 0 heterocycles. The van der Waals surface area contributed by atoms with Crippen LogP contribution in [-0.2, 0) is 0 Å². The summed E-state index contributed by atoms with van der Waals surface area (Å²) >= 11 is 2.41. The Hall–Kier alpha value is -1.16. The first-order valence-electron chi connectivity index (χ1n) is 3.85. The largest absolute Gasteiger partial charge is 0.321 e. The summed E-state index contributed by atoms with van der Waals surface area (Å²) < 4.78 is -0.0298. The summed E-state index contributed by atoms with van der Waals surface area (Å²) in [6.45, 7) is 1.93. The highest BCUT2D eigenvalue weighted by Crippen LogP contribution is 2.29. The van der Waals surface area contributed by atoms with E-state index >= 15 is 0 Å². The van der Waals surface area contributed by atoms with Crippen molar-refractivity contribution in [2.75, 3.05) is 0 Å². The minimum Gasteiger partial charge on any atom is -0.321 e. The maximum absolute atomic E-state index is 6.77. The van der Waals surface area contributed by atoms with Gasteiger partial charge in [-0.2, -0.15) is 10.2 Å². The predicted octanol–water partition coefficient (Wildman–Crippen LogP) is 1.71. The summed E-state index contributed by atoms with van der Waals surface area (Å²) in [7, 11) is 0. The van der Waals surface area contributed by atoms with Gasteiger partial charge in [-0.1, -0.05) is 30.4 Å².